The molecule has 0 aliphatic carbocycles. The van der Waals surface area contributed by atoms with Crippen molar-refractivity contribution in [2.24, 2.45) is 0 Å². The van der Waals surface area contributed by atoms with E-state index in [-0.39, 0.29) is 42.7 Å². The van der Waals surface area contributed by atoms with Gasteiger partial charge in [0.2, 0.25) is 11.8 Å². The summed E-state index contributed by atoms with van der Waals surface area (Å²) < 4.78 is 0. The van der Waals surface area contributed by atoms with E-state index in [1.165, 1.54) is 0 Å². The Bertz CT molecular complexity index is 641. The van der Waals surface area contributed by atoms with Gasteiger partial charge < -0.3 is 20.9 Å². The number of carbonyl (C=O) groups excluding carboxylic acids is 2. The number of para-hydroxylation sites is 2. The van der Waals surface area contributed by atoms with Crippen molar-refractivity contribution in [3.05, 3.63) is 24.3 Å². The number of hydrogen-bond acceptors (Lipinski definition) is 4. The lowest BCUT2D eigenvalue weighted by molar-refractivity contribution is -0.136. The molecule has 1 aromatic rings. The van der Waals surface area contributed by atoms with E-state index >= 15 is 0 Å². The minimum absolute atomic E-state index is 0. The molecule has 3 aliphatic heterocycles. The second-order valence-corrected chi connectivity index (χ2v) is 6.68. The number of hydrogen-bond donors (Lipinski definition) is 3. The zero-order chi connectivity index (χ0) is 15.9. The molecule has 0 radical (unpaired) electrons. The van der Waals surface area contributed by atoms with E-state index in [2.05, 4.69) is 16.0 Å². The van der Waals surface area contributed by atoms with Gasteiger partial charge >= 0.3 is 0 Å². The van der Waals surface area contributed by atoms with E-state index < -0.39 is 5.54 Å². The number of halogens is 2. The van der Waals surface area contributed by atoms with Crippen molar-refractivity contribution in [3.63, 3.8) is 0 Å². The van der Waals surface area contributed by atoms with Crippen molar-refractivity contribution in [2.75, 3.05) is 30.3 Å². The first-order valence-electron chi connectivity index (χ1n) is 8.39. The van der Waals surface area contributed by atoms with Crippen LogP contribution in [-0.4, -0.2) is 47.9 Å². The average molecular weight is 387 g/mol. The molecule has 138 valence electrons. The van der Waals surface area contributed by atoms with Gasteiger partial charge in [-0.05, 0) is 44.4 Å². The van der Waals surface area contributed by atoms with Crippen molar-refractivity contribution in [1.82, 2.24) is 10.2 Å². The zero-order valence-corrected chi connectivity index (χ0v) is 15.5. The molecule has 3 aliphatic rings. The minimum Gasteiger partial charge on any atom is -0.369 e. The number of amides is 2. The van der Waals surface area contributed by atoms with Crippen LogP contribution in [0.15, 0.2) is 24.3 Å². The summed E-state index contributed by atoms with van der Waals surface area (Å²) in [6.07, 6.45) is 3.28. The Morgan fingerprint density at radius 3 is 2.44 bits per heavy atom. The summed E-state index contributed by atoms with van der Waals surface area (Å²) in [5, 5.41) is 9.69. The van der Waals surface area contributed by atoms with E-state index in [4.69, 9.17) is 0 Å². The summed E-state index contributed by atoms with van der Waals surface area (Å²) in [5.41, 5.74) is 1.20. The van der Waals surface area contributed by atoms with Gasteiger partial charge in [-0.15, -0.1) is 24.8 Å². The van der Waals surface area contributed by atoms with Crippen molar-refractivity contribution < 1.29 is 9.59 Å². The first-order chi connectivity index (χ1) is 11.2. The highest BCUT2D eigenvalue weighted by Crippen LogP contribution is 2.36. The number of nitrogens with one attached hydrogen (secondary N) is 3. The van der Waals surface area contributed by atoms with Crippen molar-refractivity contribution in [2.45, 2.75) is 37.3 Å². The molecule has 4 rings (SSSR count). The van der Waals surface area contributed by atoms with Crippen LogP contribution in [0.5, 0.6) is 0 Å². The number of carbonyl (C=O) groups is 2. The predicted molar refractivity (Wildman–Crippen MR) is 103 cm³/mol. The van der Waals surface area contributed by atoms with Gasteiger partial charge in [0.15, 0.2) is 0 Å². The van der Waals surface area contributed by atoms with Gasteiger partial charge in [0.1, 0.15) is 5.54 Å². The van der Waals surface area contributed by atoms with Gasteiger partial charge in [-0.25, -0.2) is 0 Å². The maximum Gasteiger partial charge on any atom is 0.250 e. The quantitative estimate of drug-likeness (QED) is 0.689. The summed E-state index contributed by atoms with van der Waals surface area (Å²) in [7, 11) is 0. The summed E-state index contributed by atoms with van der Waals surface area (Å²) in [6.45, 7) is 2.17. The number of nitrogens with zero attached hydrogens (tertiary/aromatic N) is 1. The molecule has 1 spiro atoms. The molecule has 3 heterocycles. The number of anilines is 2. The van der Waals surface area contributed by atoms with Crippen molar-refractivity contribution in [1.29, 1.82) is 0 Å². The molecule has 0 saturated carbocycles. The highest BCUT2D eigenvalue weighted by Gasteiger charge is 2.45. The second kappa shape index (κ2) is 7.81. The fourth-order valence-electron chi connectivity index (χ4n) is 3.83. The monoisotopic (exact) mass is 386 g/mol. The Hall–Kier alpha value is -1.50. The second-order valence-electron chi connectivity index (χ2n) is 6.68. The van der Waals surface area contributed by atoms with Crippen LogP contribution in [0, 0.1) is 0 Å². The van der Waals surface area contributed by atoms with Gasteiger partial charge in [-0.3, -0.25) is 9.59 Å². The third-order valence-corrected chi connectivity index (χ3v) is 5.27. The molecular weight excluding hydrogens is 363 g/mol. The Morgan fingerprint density at radius 1 is 1.12 bits per heavy atom. The van der Waals surface area contributed by atoms with Gasteiger partial charge in [0.25, 0.3) is 0 Å². The lowest BCUT2D eigenvalue weighted by Crippen LogP contribution is -2.60. The van der Waals surface area contributed by atoms with Gasteiger partial charge in [-0.2, -0.15) is 0 Å². The van der Waals surface area contributed by atoms with E-state index in [0.29, 0.717) is 25.9 Å². The number of benzene rings is 1. The fraction of sp³-hybridized carbons (Fsp3) is 0.529. The first-order valence-corrected chi connectivity index (χ1v) is 8.39. The largest absolute Gasteiger partial charge is 0.369 e. The third-order valence-electron chi connectivity index (χ3n) is 5.27. The van der Waals surface area contributed by atoms with Crippen LogP contribution in [0.4, 0.5) is 11.4 Å². The van der Waals surface area contributed by atoms with Crippen LogP contribution in [-0.2, 0) is 9.59 Å². The minimum atomic E-state index is -0.589. The smallest absolute Gasteiger partial charge is 0.250 e. The fourth-order valence-corrected chi connectivity index (χ4v) is 3.83. The number of likely N-dealkylation sites (tertiary alicyclic amines) is 1. The first kappa shape index (κ1) is 19.8. The average Bonchev–Trinajstić information content (AvgIpc) is 3.11. The Labute approximate surface area is 159 Å². The molecule has 8 heteroatoms. The Morgan fingerprint density at radius 2 is 1.80 bits per heavy atom. The summed E-state index contributed by atoms with van der Waals surface area (Å²) in [5.74, 6) is 0.205. The maximum atomic E-state index is 12.6. The van der Waals surface area contributed by atoms with Crippen LogP contribution in [0.1, 0.15) is 25.7 Å². The molecule has 1 atom stereocenters. The molecule has 0 aromatic heterocycles. The standard InChI is InChI=1S/C17H22N4O2.2ClH/c22-15(14-6-3-9-18-14)21-10-7-17(8-11-21)16(23)19-12-4-1-2-5-13(12)20-17;;/h1-2,4-5,14,18,20H,3,6-11H2,(H,19,23);2*1H/t14-;;/m1../s1. The van der Waals surface area contributed by atoms with E-state index in [1.807, 2.05) is 29.2 Å². The molecule has 2 fully saturated rings. The van der Waals surface area contributed by atoms with Crippen LogP contribution >= 0.6 is 24.8 Å². The SMILES string of the molecule is Cl.Cl.O=C([C@H]1CCCN1)N1CCC2(CC1)Nc1ccccc1NC2=O. The van der Waals surface area contributed by atoms with Crippen molar-refractivity contribution in [3.8, 4) is 0 Å². The lowest BCUT2D eigenvalue weighted by Gasteiger charge is -2.44. The van der Waals surface area contributed by atoms with Crippen LogP contribution < -0.4 is 16.0 Å². The van der Waals surface area contributed by atoms with Gasteiger partial charge in [-0.1, -0.05) is 12.1 Å². The van der Waals surface area contributed by atoms with Gasteiger partial charge in [0, 0.05) is 13.1 Å². The summed E-state index contributed by atoms with van der Waals surface area (Å²) >= 11 is 0. The van der Waals surface area contributed by atoms with Crippen LogP contribution in [0.25, 0.3) is 0 Å². The summed E-state index contributed by atoms with van der Waals surface area (Å²) in [4.78, 5) is 27.0. The van der Waals surface area contributed by atoms with Gasteiger partial charge in [0.05, 0.1) is 17.4 Å². The number of rotatable bonds is 1. The molecule has 2 saturated heterocycles. The molecule has 6 nitrogen and oxygen atoms in total. The van der Waals surface area contributed by atoms with Crippen molar-refractivity contribution >= 4 is 48.0 Å². The molecule has 0 unspecified atom stereocenters. The van der Waals surface area contributed by atoms with E-state index in [0.717, 1.165) is 30.8 Å². The van der Waals surface area contributed by atoms with E-state index in [1.54, 1.807) is 0 Å². The number of piperidine rings is 1. The molecule has 3 N–H and O–H groups in total. The van der Waals surface area contributed by atoms with Crippen LogP contribution in [0.2, 0.25) is 0 Å². The molecular formula is C17H24Cl2N4O2. The number of fused-ring (bicyclic) bond motifs is 1. The highest BCUT2D eigenvalue weighted by atomic mass is 35.5. The maximum absolute atomic E-state index is 12.6. The predicted octanol–water partition coefficient (Wildman–Crippen LogP) is 2.01. The third kappa shape index (κ3) is 3.57. The zero-order valence-electron chi connectivity index (χ0n) is 13.9. The summed E-state index contributed by atoms with van der Waals surface area (Å²) in [6, 6.07) is 7.72. The molecule has 1 aromatic carbocycles. The highest BCUT2D eigenvalue weighted by molar-refractivity contribution is 6.06. The normalized spacial score (nSPS) is 23.6. The lowest BCUT2D eigenvalue weighted by atomic mass is 9.84. The molecule has 2 amide bonds. The molecule has 25 heavy (non-hydrogen) atoms. The topological polar surface area (TPSA) is 73.5 Å². The molecule has 0 bridgehead atoms. The van der Waals surface area contributed by atoms with E-state index in [9.17, 15) is 9.59 Å². The Balaban J connectivity index is 0.00000113. The van der Waals surface area contributed by atoms with Crippen LogP contribution in [0.3, 0.4) is 0 Å². The Kier molecular flexibility index (Phi) is 6.19.